The normalized spacial score (nSPS) is 10.4. The fraction of sp³-hybridized carbons (Fsp3) is 0.611. The van der Waals surface area contributed by atoms with Crippen LogP contribution in [0.2, 0.25) is 0 Å². The van der Waals surface area contributed by atoms with E-state index in [9.17, 15) is 4.79 Å². The summed E-state index contributed by atoms with van der Waals surface area (Å²) in [6.45, 7) is 13.3. The molecule has 0 N–H and O–H groups in total. The van der Waals surface area contributed by atoms with Gasteiger partial charge in [0.1, 0.15) is 6.61 Å². The average Bonchev–Trinajstić information content (AvgIpc) is 2.57. The lowest BCUT2D eigenvalue weighted by molar-refractivity contribution is -0.147. The molecular formula is C18H32O3. The van der Waals surface area contributed by atoms with Crippen molar-refractivity contribution in [2.24, 2.45) is 0 Å². The van der Waals surface area contributed by atoms with Crippen molar-refractivity contribution in [1.82, 2.24) is 0 Å². The van der Waals surface area contributed by atoms with Gasteiger partial charge in [-0.25, -0.2) is 0 Å². The van der Waals surface area contributed by atoms with E-state index < -0.39 is 0 Å². The lowest BCUT2D eigenvalue weighted by atomic mass is 9.97. The fourth-order valence-corrected chi connectivity index (χ4v) is 1.67. The molecule has 1 aromatic carbocycles. The van der Waals surface area contributed by atoms with Crippen molar-refractivity contribution in [3.05, 3.63) is 35.9 Å². The van der Waals surface area contributed by atoms with E-state index in [0.29, 0.717) is 19.8 Å². The van der Waals surface area contributed by atoms with Crippen molar-refractivity contribution in [1.29, 1.82) is 0 Å². The number of hydrogen-bond acceptors (Lipinski definition) is 3. The maximum Gasteiger partial charge on any atom is 0.313 e. The fourth-order valence-electron chi connectivity index (χ4n) is 1.67. The van der Waals surface area contributed by atoms with Crippen molar-refractivity contribution < 1.29 is 14.3 Å². The van der Waals surface area contributed by atoms with Gasteiger partial charge in [-0.15, -0.1) is 0 Å². The van der Waals surface area contributed by atoms with E-state index in [-0.39, 0.29) is 11.9 Å². The zero-order valence-corrected chi connectivity index (χ0v) is 14.5. The zero-order chi connectivity index (χ0) is 16.5. The molecule has 122 valence electrons. The van der Waals surface area contributed by atoms with Crippen LogP contribution in [-0.4, -0.2) is 25.8 Å². The Labute approximate surface area is 130 Å². The van der Waals surface area contributed by atoms with E-state index in [1.54, 1.807) is 0 Å². The van der Waals surface area contributed by atoms with E-state index in [1.165, 1.54) is 0 Å². The molecule has 3 nitrogen and oxygen atoms in total. The van der Waals surface area contributed by atoms with E-state index in [4.69, 9.17) is 9.47 Å². The number of rotatable bonds is 7. The van der Waals surface area contributed by atoms with E-state index >= 15 is 0 Å². The van der Waals surface area contributed by atoms with Gasteiger partial charge in [0.2, 0.25) is 0 Å². The predicted octanol–water partition coefficient (Wildman–Crippen LogP) is 4.81. The topological polar surface area (TPSA) is 35.5 Å². The Morgan fingerprint density at radius 1 is 1.00 bits per heavy atom. The van der Waals surface area contributed by atoms with Gasteiger partial charge in [-0.05, 0) is 18.9 Å². The highest BCUT2D eigenvalue weighted by Crippen LogP contribution is 2.20. The third-order valence-electron chi connectivity index (χ3n) is 2.57. The standard InChI is InChI=1S/C14H20O3.2C2H6/c1-3-13(12-8-6-5-7-9-12)14(15)17-11-10-16-4-2;2*1-2/h5-9,13H,3-4,10-11H2,1-2H3;2*1-2H3. The Kier molecular flexibility index (Phi) is 17.5. The maximum atomic E-state index is 11.9. The van der Waals surface area contributed by atoms with Gasteiger partial charge in [-0.2, -0.15) is 0 Å². The highest BCUT2D eigenvalue weighted by Gasteiger charge is 2.19. The minimum atomic E-state index is -0.169. The van der Waals surface area contributed by atoms with Crippen LogP contribution >= 0.6 is 0 Å². The summed E-state index contributed by atoms with van der Waals surface area (Å²) in [5.41, 5.74) is 1.01. The van der Waals surface area contributed by atoms with Crippen molar-refractivity contribution in [2.75, 3.05) is 19.8 Å². The number of benzene rings is 1. The Morgan fingerprint density at radius 2 is 1.57 bits per heavy atom. The molecule has 0 fully saturated rings. The van der Waals surface area contributed by atoms with Crippen LogP contribution in [0.3, 0.4) is 0 Å². The molecule has 0 spiro atoms. The summed E-state index contributed by atoms with van der Waals surface area (Å²) in [5, 5.41) is 0. The molecule has 0 aliphatic heterocycles. The smallest absolute Gasteiger partial charge is 0.313 e. The Bertz CT molecular complexity index is 322. The molecule has 0 aromatic heterocycles. The van der Waals surface area contributed by atoms with Crippen molar-refractivity contribution in [3.63, 3.8) is 0 Å². The SMILES string of the molecule is CC.CC.CCOCCOC(=O)C(CC)c1ccccc1. The summed E-state index contributed by atoms with van der Waals surface area (Å²) < 4.78 is 10.3. The molecule has 0 saturated heterocycles. The van der Waals surface area contributed by atoms with Crippen molar-refractivity contribution in [2.45, 2.75) is 53.9 Å². The van der Waals surface area contributed by atoms with E-state index in [0.717, 1.165) is 12.0 Å². The number of esters is 1. The van der Waals surface area contributed by atoms with E-state index in [1.807, 2.05) is 71.9 Å². The number of hydrogen-bond donors (Lipinski definition) is 0. The van der Waals surface area contributed by atoms with Gasteiger partial charge < -0.3 is 9.47 Å². The summed E-state index contributed by atoms with van der Waals surface area (Å²) in [5.74, 6) is -0.337. The molecule has 0 amide bonds. The van der Waals surface area contributed by atoms with Gasteiger partial charge in [0, 0.05) is 6.61 Å². The zero-order valence-electron chi connectivity index (χ0n) is 14.5. The van der Waals surface area contributed by atoms with Crippen LogP contribution in [0.4, 0.5) is 0 Å². The first-order chi connectivity index (χ1) is 10.3. The third kappa shape index (κ3) is 10.1. The molecule has 0 heterocycles. The first kappa shape index (κ1) is 21.9. The average molecular weight is 296 g/mol. The minimum Gasteiger partial charge on any atom is -0.463 e. The highest BCUT2D eigenvalue weighted by atomic mass is 16.6. The monoisotopic (exact) mass is 296 g/mol. The van der Waals surface area contributed by atoms with Crippen LogP contribution in [-0.2, 0) is 14.3 Å². The Hall–Kier alpha value is -1.35. The summed E-state index contributed by atoms with van der Waals surface area (Å²) in [7, 11) is 0. The van der Waals surface area contributed by atoms with Crippen LogP contribution in [0.25, 0.3) is 0 Å². The molecule has 21 heavy (non-hydrogen) atoms. The second-order valence-corrected chi connectivity index (χ2v) is 3.74. The first-order valence-electron chi connectivity index (χ1n) is 8.08. The van der Waals surface area contributed by atoms with Crippen molar-refractivity contribution in [3.8, 4) is 0 Å². The summed E-state index contributed by atoms with van der Waals surface area (Å²) >= 11 is 0. The van der Waals surface area contributed by atoms with Gasteiger partial charge in [0.05, 0.1) is 12.5 Å². The molecule has 1 rings (SSSR count). The van der Waals surface area contributed by atoms with Gasteiger partial charge in [-0.1, -0.05) is 65.0 Å². The highest BCUT2D eigenvalue weighted by molar-refractivity contribution is 5.78. The van der Waals surface area contributed by atoms with E-state index in [2.05, 4.69) is 0 Å². The van der Waals surface area contributed by atoms with Gasteiger partial charge >= 0.3 is 5.97 Å². The minimum absolute atomic E-state index is 0.168. The molecule has 0 aliphatic rings. The maximum absolute atomic E-state index is 11.9. The second kappa shape index (κ2) is 16.7. The summed E-state index contributed by atoms with van der Waals surface area (Å²) in [4.78, 5) is 11.9. The van der Waals surface area contributed by atoms with Gasteiger partial charge in [-0.3, -0.25) is 4.79 Å². The molecule has 0 radical (unpaired) electrons. The molecule has 0 saturated carbocycles. The molecule has 0 bridgehead atoms. The number of carbonyl (C=O) groups is 1. The molecule has 3 heteroatoms. The van der Waals surface area contributed by atoms with Crippen LogP contribution in [0, 0.1) is 0 Å². The summed E-state index contributed by atoms with van der Waals surface area (Å²) in [6, 6.07) is 9.73. The quantitative estimate of drug-likeness (QED) is 0.535. The van der Waals surface area contributed by atoms with Crippen LogP contribution in [0.5, 0.6) is 0 Å². The third-order valence-corrected chi connectivity index (χ3v) is 2.57. The number of carbonyl (C=O) groups excluding carboxylic acids is 1. The molecular weight excluding hydrogens is 264 g/mol. The number of ether oxygens (including phenoxy) is 2. The van der Waals surface area contributed by atoms with Crippen molar-refractivity contribution >= 4 is 5.97 Å². The molecule has 0 aliphatic carbocycles. The molecule has 1 unspecified atom stereocenters. The Morgan fingerprint density at radius 3 is 2.05 bits per heavy atom. The van der Waals surface area contributed by atoms with Crippen LogP contribution in [0.15, 0.2) is 30.3 Å². The predicted molar refractivity (Wildman–Crippen MR) is 89.6 cm³/mol. The lowest BCUT2D eigenvalue weighted by Gasteiger charge is -2.14. The largest absolute Gasteiger partial charge is 0.463 e. The first-order valence-corrected chi connectivity index (χ1v) is 8.08. The summed E-state index contributed by atoms with van der Waals surface area (Å²) in [6.07, 6.45) is 0.748. The Balaban J connectivity index is 0. The second-order valence-electron chi connectivity index (χ2n) is 3.74. The van der Waals surface area contributed by atoms with Gasteiger partial charge in [0.25, 0.3) is 0 Å². The molecule has 1 atom stereocenters. The molecule has 1 aromatic rings. The lowest BCUT2D eigenvalue weighted by Crippen LogP contribution is -2.18. The van der Waals surface area contributed by atoms with Crippen LogP contribution in [0.1, 0.15) is 59.4 Å². The van der Waals surface area contributed by atoms with Crippen LogP contribution < -0.4 is 0 Å². The van der Waals surface area contributed by atoms with Gasteiger partial charge in [0.15, 0.2) is 0 Å².